The van der Waals surface area contributed by atoms with E-state index in [0.29, 0.717) is 23.0 Å². The lowest BCUT2D eigenvalue weighted by atomic mass is 9.85. The Morgan fingerprint density at radius 1 is 1.06 bits per heavy atom. The summed E-state index contributed by atoms with van der Waals surface area (Å²) in [5, 5.41) is 15.7. The zero-order chi connectivity index (χ0) is 25.3. The summed E-state index contributed by atoms with van der Waals surface area (Å²) in [5.41, 5.74) is 0.437. The fourth-order valence-corrected chi connectivity index (χ4v) is 5.60. The normalized spacial score (nSPS) is 22.5. The smallest absolute Gasteiger partial charge is 0.290 e. The van der Waals surface area contributed by atoms with Crippen LogP contribution in [0.1, 0.15) is 18.7 Å². The van der Waals surface area contributed by atoms with E-state index in [1.54, 1.807) is 0 Å². The molecule has 1 spiro atoms. The summed E-state index contributed by atoms with van der Waals surface area (Å²) in [4.78, 5) is 56.3. The van der Waals surface area contributed by atoms with Crippen molar-refractivity contribution < 1.29 is 29.3 Å². The van der Waals surface area contributed by atoms with Gasteiger partial charge in [-0.25, -0.2) is 4.98 Å². The molecule has 5 rings (SSSR count). The number of morpholine rings is 1. The van der Waals surface area contributed by atoms with Crippen molar-refractivity contribution in [3.05, 3.63) is 27.6 Å². The van der Waals surface area contributed by atoms with Gasteiger partial charge in [0.25, 0.3) is 18.5 Å². The van der Waals surface area contributed by atoms with Crippen LogP contribution in [0, 0.1) is 5.41 Å². The lowest BCUT2D eigenvalue weighted by Gasteiger charge is -2.29. The summed E-state index contributed by atoms with van der Waals surface area (Å²) in [7, 11) is 0. The van der Waals surface area contributed by atoms with Crippen molar-refractivity contribution in [1.82, 2.24) is 24.7 Å². The highest BCUT2D eigenvalue weighted by Crippen LogP contribution is 2.40. The van der Waals surface area contributed by atoms with E-state index in [0.717, 1.165) is 77.4 Å². The minimum Gasteiger partial charge on any atom is -0.483 e. The number of carbonyl (C=O) groups excluding carboxylic acids is 1. The summed E-state index contributed by atoms with van der Waals surface area (Å²) >= 11 is 1.42. The fraction of sp³-hybridized carbons (Fsp3) is 0.591. The first kappa shape index (κ1) is 26.7. The Hall–Kier alpha value is -2.87. The third-order valence-corrected chi connectivity index (χ3v) is 7.46. The highest BCUT2D eigenvalue weighted by Gasteiger charge is 2.50. The molecule has 3 saturated heterocycles. The van der Waals surface area contributed by atoms with Gasteiger partial charge in [-0.15, -0.1) is 11.3 Å². The van der Waals surface area contributed by atoms with Crippen LogP contribution >= 0.6 is 11.3 Å². The van der Waals surface area contributed by atoms with Crippen LogP contribution in [0.5, 0.6) is 0 Å². The number of H-pyrrole nitrogens is 1. The number of aromatic amines is 1. The number of aromatic nitrogens is 2. The third-order valence-electron chi connectivity index (χ3n) is 6.56. The number of thiophene rings is 1. The Kier molecular flexibility index (Phi) is 9.72. The van der Waals surface area contributed by atoms with E-state index in [9.17, 15) is 9.59 Å². The summed E-state index contributed by atoms with van der Waals surface area (Å²) in [5.74, 6) is 0.996. The summed E-state index contributed by atoms with van der Waals surface area (Å²) in [6.45, 7) is 7.81. The zero-order valence-electron chi connectivity index (χ0n) is 19.4. The topological polar surface area (TPSA) is 156 Å². The molecule has 3 aliphatic heterocycles. The lowest BCUT2D eigenvalue weighted by molar-refractivity contribution is -0.135. The van der Waals surface area contributed by atoms with Gasteiger partial charge >= 0.3 is 0 Å². The van der Waals surface area contributed by atoms with E-state index in [4.69, 9.17) is 24.5 Å². The molecular formula is C22H31N5O7S. The number of nitrogens with one attached hydrogen (secondary N) is 1. The molecule has 0 bridgehead atoms. The predicted octanol–water partition coefficient (Wildman–Crippen LogP) is 0.143. The molecule has 2 aromatic heterocycles. The van der Waals surface area contributed by atoms with Crippen LogP contribution in [-0.2, 0) is 25.7 Å². The molecule has 12 nitrogen and oxygen atoms in total. The van der Waals surface area contributed by atoms with E-state index < -0.39 is 0 Å². The molecule has 0 radical (unpaired) electrons. The second-order valence-corrected chi connectivity index (χ2v) is 9.51. The number of carboxylic acid groups (broad SMARTS) is 2. The minimum atomic E-state index is -0.252. The summed E-state index contributed by atoms with van der Waals surface area (Å²) < 4.78 is 6.08. The average molecular weight is 510 g/mol. The maximum Gasteiger partial charge on any atom is 0.290 e. The number of fused-ring (bicyclic) bond motifs is 1. The zero-order valence-corrected chi connectivity index (χ0v) is 20.2. The quantitative estimate of drug-likeness (QED) is 0.474. The van der Waals surface area contributed by atoms with Crippen molar-refractivity contribution >= 4 is 40.4 Å². The van der Waals surface area contributed by atoms with Crippen LogP contribution < -0.4 is 5.56 Å². The highest BCUT2D eigenvalue weighted by atomic mass is 32.1. The molecule has 13 heteroatoms. The van der Waals surface area contributed by atoms with Gasteiger partial charge in [-0.05, 0) is 30.8 Å². The number of amides is 1. The second kappa shape index (κ2) is 12.7. The van der Waals surface area contributed by atoms with Gasteiger partial charge in [-0.2, -0.15) is 0 Å². The monoisotopic (exact) mass is 509 g/mol. The van der Waals surface area contributed by atoms with Crippen molar-refractivity contribution in [3.8, 4) is 0 Å². The van der Waals surface area contributed by atoms with Gasteiger partial charge in [-0.1, -0.05) is 0 Å². The van der Waals surface area contributed by atoms with Gasteiger partial charge < -0.3 is 24.8 Å². The number of hydrogen-bond acceptors (Lipinski definition) is 9. The molecule has 1 atom stereocenters. The van der Waals surface area contributed by atoms with E-state index in [2.05, 4.69) is 24.7 Å². The maximum absolute atomic E-state index is 13.2. The molecule has 3 aliphatic rings. The predicted molar refractivity (Wildman–Crippen MR) is 128 cm³/mol. The minimum absolute atomic E-state index is 0.0693. The molecule has 2 aromatic rings. The highest BCUT2D eigenvalue weighted by molar-refractivity contribution is 7.17. The molecule has 0 aromatic carbocycles. The van der Waals surface area contributed by atoms with E-state index >= 15 is 0 Å². The van der Waals surface area contributed by atoms with Crippen LogP contribution in [0.25, 0.3) is 10.2 Å². The molecule has 5 heterocycles. The second-order valence-electron chi connectivity index (χ2n) is 8.60. The SMILES string of the molecule is O=C1N(CCN2CCOCC2)CCC12CCN(Cc1nc3ccsc3c(=O)[nH]1)C2.O=CO.O=CO. The van der Waals surface area contributed by atoms with Crippen LogP contribution in [-0.4, -0.2) is 113 Å². The molecular weight excluding hydrogens is 478 g/mol. The van der Waals surface area contributed by atoms with Crippen LogP contribution in [0.2, 0.25) is 0 Å². The summed E-state index contributed by atoms with van der Waals surface area (Å²) in [6.07, 6.45) is 1.82. The average Bonchev–Trinajstić information content (AvgIpc) is 3.55. The number of nitrogens with zero attached hydrogens (tertiary/aromatic N) is 4. The van der Waals surface area contributed by atoms with Crippen LogP contribution in [0.3, 0.4) is 0 Å². The molecule has 192 valence electrons. The third kappa shape index (κ3) is 6.63. The molecule has 3 N–H and O–H groups in total. The first-order valence-electron chi connectivity index (χ1n) is 11.4. The Morgan fingerprint density at radius 2 is 1.74 bits per heavy atom. The summed E-state index contributed by atoms with van der Waals surface area (Å²) in [6, 6.07) is 1.89. The standard InChI is InChI=1S/C20H27N5O3S.2CH2O2/c26-18-17-15(1-12-29-17)21-16(22-18)13-24-4-2-20(14-24)3-5-25(19(20)27)7-6-23-8-10-28-11-9-23;2*2-1-3/h1,12H,2-11,13-14H2,(H,21,22,26);2*1H,(H,2,3). The number of carbonyl (C=O) groups is 3. The molecule has 1 unspecified atom stereocenters. The largest absolute Gasteiger partial charge is 0.483 e. The number of ether oxygens (including phenoxy) is 1. The van der Waals surface area contributed by atoms with Crippen molar-refractivity contribution in [1.29, 1.82) is 0 Å². The number of likely N-dealkylation sites (tertiary alicyclic amines) is 2. The van der Waals surface area contributed by atoms with Crippen molar-refractivity contribution in [2.24, 2.45) is 5.41 Å². The Morgan fingerprint density at radius 3 is 2.46 bits per heavy atom. The van der Waals surface area contributed by atoms with Crippen LogP contribution in [0.4, 0.5) is 0 Å². The molecule has 0 saturated carbocycles. The molecule has 0 aliphatic carbocycles. The van der Waals surface area contributed by atoms with Gasteiger partial charge in [0, 0.05) is 39.3 Å². The lowest BCUT2D eigenvalue weighted by Crippen LogP contribution is -2.43. The van der Waals surface area contributed by atoms with Gasteiger partial charge in [-0.3, -0.25) is 29.0 Å². The van der Waals surface area contributed by atoms with Gasteiger partial charge in [0.15, 0.2) is 0 Å². The van der Waals surface area contributed by atoms with Gasteiger partial charge in [0.05, 0.1) is 30.7 Å². The van der Waals surface area contributed by atoms with Gasteiger partial charge in [0.1, 0.15) is 10.5 Å². The van der Waals surface area contributed by atoms with Crippen molar-refractivity contribution in [3.63, 3.8) is 0 Å². The van der Waals surface area contributed by atoms with Gasteiger partial charge in [0.2, 0.25) is 5.91 Å². The first-order valence-corrected chi connectivity index (χ1v) is 12.3. The fourth-order valence-electron chi connectivity index (χ4n) is 4.87. The van der Waals surface area contributed by atoms with E-state index in [1.807, 2.05) is 11.4 Å². The van der Waals surface area contributed by atoms with E-state index in [1.165, 1.54) is 11.3 Å². The Bertz CT molecular complexity index is 1050. The number of rotatable bonds is 5. The van der Waals surface area contributed by atoms with E-state index in [-0.39, 0.29) is 23.9 Å². The Labute approximate surface area is 206 Å². The Balaban J connectivity index is 0.000000520. The molecule has 35 heavy (non-hydrogen) atoms. The van der Waals surface area contributed by atoms with Crippen molar-refractivity contribution in [2.75, 3.05) is 59.0 Å². The maximum atomic E-state index is 13.2. The molecule has 1 amide bonds. The molecule has 3 fully saturated rings. The van der Waals surface area contributed by atoms with Crippen molar-refractivity contribution in [2.45, 2.75) is 19.4 Å². The van der Waals surface area contributed by atoms with Crippen LogP contribution in [0.15, 0.2) is 16.2 Å². The first-order chi connectivity index (χ1) is 17.0. The number of hydrogen-bond donors (Lipinski definition) is 3.